The number of thioether (sulfide) groups is 1. The molecule has 3 aromatic rings. The van der Waals surface area contributed by atoms with Gasteiger partial charge in [-0.15, -0.1) is 11.8 Å². The number of nitrogens with zero attached hydrogens (tertiary/aromatic N) is 2. The zero-order valence-corrected chi connectivity index (χ0v) is 17.5. The Balaban J connectivity index is 1.46. The number of carbonyl (C=O) groups excluding carboxylic acids is 2. The summed E-state index contributed by atoms with van der Waals surface area (Å²) in [5, 5.41) is 15.7. The quantitative estimate of drug-likeness (QED) is 0.491. The molecule has 0 saturated carbocycles. The Morgan fingerprint density at radius 2 is 2.00 bits per heavy atom. The van der Waals surface area contributed by atoms with E-state index >= 15 is 0 Å². The van der Waals surface area contributed by atoms with Crippen LogP contribution in [0.1, 0.15) is 5.56 Å². The van der Waals surface area contributed by atoms with Crippen LogP contribution >= 0.6 is 11.8 Å². The maximum Gasteiger partial charge on any atom is 0.323 e. The first-order chi connectivity index (χ1) is 15.0. The molecule has 9 heteroatoms. The topological polar surface area (TPSA) is 127 Å². The van der Waals surface area contributed by atoms with Gasteiger partial charge in [-0.1, -0.05) is 18.2 Å². The molecule has 1 saturated heterocycles. The molecule has 31 heavy (non-hydrogen) atoms. The van der Waals surface area contributed by atoms with Gasteiger partial charge in [-0.2, -0.15) is 5.26 Å². The number of amides is 3. The van der Waals surface area contributed by atoms with Gasteiger partial charge in [0.25, 0.3) is 0 Å². The number of anilines is 2. The number of fused-ring (bicyclic) bond motifs is 1. The molecule has 5 N–H and O–H groups in total. The summed E-state index contributed by atoms with van der Waals surface area (Å²) in [6.45, 7) is 0. The summed E-state index contributed by atoms with van der Waals surface area (Å²) >= 11 is 1.55. The van der Waals surface area contributed by atoms with E-state index in [0.29, 0.717) is 29.4 Å². The summed E-state index contributed by atoms with van der Waals surface area (Å²) in [5.41, 5.74) is 9.28. The van der Waals surface area contributed by atoms with Gasteiger partial charge in [0.05, 0.1) is 18.0 Å². The van der Waals surface area contributed by atoms with Crippen LogP contribution in [-0.2, 0) is 11.2 Å². The van der Waals surface area contributed by atoms with Crippen molar-refractivity contribution in [2.24, 2.45) is 5.73 Å². The lowest BCUT2D eigenvalue weighted by atomic mass is 10.0. The van der Waals surface area contributed by atoms with Crippen LogP contribution in [-0.4, -0.2) is 45.5 Å². The van der Waals surface area contributed by atoms with Gasteiger partial charge in [0.15, 0.2) is 0 Å². The molecule has 158 valence electrons. The molecule has 1 unspecified atom stereocenters. The summed E-state index contributed by atoms with van der Waals surface area (Å²) in [6.07, 6.45) is 2.16. The lowest BCUT2D eigenvalue weighted by Crippen LogP contribution is -2.47. The van der Waals surface area contributed by atoms with Crippen molar-refractivity contribution in [1.29, 1.82) is 5.26 Å². The fraction of sp³-hybridized carbons (Fsp3) is 0.227. The van der Waals surface area contributed by atoms with Gasteiger partial charge in [-0.3, -0.25) is 4.79 Å². The van der Waals surface area contributed by atoms with Gasteiger partial charge in [0.2, 0.25) is 5.91 Å². The molecule has 2 aromatic carbocycles. The molecule has 0 spiro atoms. The second kappa shape index (κ2) is 9.12. The number of para-hydroxylation sites is 1. The van der Waals surface area contributed by atoms with E-state index < -0.39 is 12.1 Å². The van der Waals surface area contributed by atoms with Crippen LogP contribution in [0.2, 0.25) is 0 Å². The molecule has 4 rings (SSSR count). The molecular weight excluding hydrogens is 412 g/mol. The maximum atomic E-state index is 12.7. The number of hydrogen-bond donors (Lipinski definition) is 4. The third-order valence-corrected chi connectivity index (χ3v) is 6.14. The molecule has 3 amide bonds. The summed E-state index contributed by atoms with van der Waals surface area (Å²) < 4.78 is 0. The summed E-state index contributed by atoms with van der Waals surface area (Å²) in [6, 6.07) is 15.4. The fourth-order valence-corrected chi connectivity index (χ4v) is 4.63. The molecule has 2 atom stereocenters. The van der Waals surface area contributed by atoms with Crippen molar-refractivity contribution < 1.29 is 9.59 Å². The van der Waals surface area contributed by atoms with Crippen molar-refractivity contribution >= 4 is 46.0 Å². The molecule has 0 aliphatic carbocycles. The van der Waals surface area contributed by atoms with Crippen molar-refractivity contribution in [3.8, 4) is 6.07 Å². The van der Waals surface area contributed by atoms with Gasteiger partial charge in [0.1, 0.15) is 6.04 Å². The average molecular weight is 435 g/mol. The molecule has 0 radical (unpaired) electrons. The smallest absolute Gasteiger partial charge is 0.323 e. The summed E-state index contributed by atoms with van der Waals surface area (Å²) in [5.74, 6) is 0.883. The highest BCUT2D eigenvalue weighted by Gasteiger charge is 2.32. The largest absolute Gasteiger partial charge is 0.361 e. The van der Waals surface area contributed by atoms with Crippen LogP contribution in [0.15, 0.2) is 54.7 Å². The van der Waals surface area contributed by atoms with Crippen LogP contribution in [0, 0.1) is 11.3 Å². The minimum atomic E-state index is -0.744. The molecule has 1 aliphatic rings. The highest BCUT2D eigenvalue weighted by atomic mass is 32.2. The van der Waals surface area contributed by atoms with Gasteiger partial charge in [-0.25, -0.2) is 4.79 Å². The second-order valence-electron chi connectivity index (χ2n) is 7.28. The normalized spacial score (nSPS) is 16.6. The molecule has 1 fully saturated rings. The van der Waals surface area contributed by atoms with E-state index in [1.165, 1.54) is 0 Å². The molecule has 8 nitrogen and oxygen atoms in total. The first-order valence-corrected chi connectivity index (χ1v) is 11.0. The number of carbonyl (C=O) groups is 2. The number of nitrogens with two attached hydrogens (primary N) is 1. The van der Waals surface area contributed by atoms with Crippen molar-refractivity contribution in [3.05, 3.63) is 60.3 Å². The van der Waals surface area contributed by atoms with E-state index in [1.807, 2.05) is 36.5 Å². The number of urea groups is 1. The van der Waals surface area contributed by atoms with E-state index in [-0.39, 0.29) is 11.9 Å². The molecule has 2 heterocycles. The number of H-pyrrole nitrogens is 1. The second-order valence-corrected chi connectivity index (χ2v) is 8.28. The Morgan fingerprint density at radius 3 is 2.77 bits per heavy atom. The minimum Gasteiger partial charge on any atom is -0.361 e. The van der Waals surface area contributed by atoms with Gasteiger partial charge in [-0.05, 0) is 42.3 Å². The number of nitriles is 1. The number of aromatic nitrogens is 1. The summed E-state index contributed by atoms with van der Waals surface area (Å²) in [7, 11) is 0. The van der Waals surface area contributed by atoms with Crippen molar-refractivity contribution in [2.45, 2.75) is 18.5 Å². The SMILES string of the molecule is N#CC1CSCN1C(=O)[C@@H](N)Cc1c[nH]c2ccc(NC(=O)Nc3ccccc3)cc12. The lowest BCUT2D eigenvalue weighted by Gasteiger charge is -2.22. The predicted octanol–water partition coefficient (Wildman–Crippen LogP) is 3.11. The van der Waals surface area contributed by atoms with E-state index in [1.54, 1.807) is 34.9 Å². The van der Waals surface area contributed by atoms with Crippen molar-refractivity contribution in [3.63, 3.8) is 0 Å². The minimum absolute atomic E-state index is 0.220. The van der Waals surface area contributed by atoms with Crippen molar-refractivity contribution in [1.82, 2.24) is 9.88 Å². The molecule has 0 bridgehead atoms. The van der Waals surface area contributed by atoms with Gasteiger partial charge >= 0.3 is 6.03 Å². The number of hydrogen-bond acceptors (Lipinski definition) is 5. The Kier molecular flexibility index (Phi) is 6.11. The summed E-state index contributed by atoms with van der Waals surface area (Å²) in [4.78, 5) is 29.7. The number of rotatable bonds is 5. The van der Waals surface area contributed by atoms with Gasteiger partial charge < -0.3 is 26.3 Å². The molecular formula is C22H22N6O2S. The highest BCUT2D eigenvalue weighted by molar-refractivity contribution is 7.99. The number of benzene rings is 2. The zero-order chi connectivity index (χ0) is 21.8. The zero-order valence-electron chi connectivity index (χ0n) is 16.7. The third kappa shape index (κ3) is 4.66. The van der Waals surface area contributed by atoms with E-state index in [2.05, 4.69) is 21.7 Å². The van der Waals surface area contributed by atoms with Crippen molar-refractivity contribution in [2.75, 3.05) is 22.3 Å². The molecule has 1 aliphatic heterocycles. The average Bonchev–Trinajstić information content (AvgIpc) is 3.41. The first-order valence-electron chi connectivity index (χ1n) is 9.81. The standard InChI is InChI=1S/C22H22N6O2S/c23-10-17-12-31-13-28(17)21(29)19(24)8-14-11-25-20-7-6-16(9-18(14)20)27-22(30)26-15-4-2-1-3-5-15/h1-7,9,11,17,19,25H,8,12-13,24H2,(H2,26,27,30)/t17?,19-/m0/s1. The number of nitrogens with one attached hydrogen (secondary N) is 3. The Hall–Kier alpha value is -3.48. The first kappa shape index (κ1) is 20.8. The number of aromatic amines is 1. The Labute approximate surface area is 183 Å². The monoisotopic (exact) mass is 434 g/mol. The highest BCUT2D eigenvalue weighted by Crippen LogP contribution is 2.25. The Bertz CT molecular complexity index is 1140. The fourth-order valence-electron chi connectivity index (χ4n) is 3.54. The molecule has 1 aromatic heterocycles. The van der Waals surface area contributed by atoms with E-state index in [4.69, 9.17) is 5.73 Å². The van der Waals surface area contributed by atoms with E-state index in [0.717, 1.165) is 16.5 Å². The van der Waals surface area contributed by atoms with Crippen LogP contribution < -0.4 is 16.4 Å². The van der Waals surface area contributed by atoms with E-state index in [9.17, 15) is 14.9 Å². The predicted molar refractivity (Wildman–Crippen MR) is 123 cm³/mol. The maximum absolute atomic E-state index is 12.7. The van der Waals surface area contributed by atoms with Crippen LogP contribution in [0.4, 0.5) is 16.2 Å². The Morgan fingerprint density at radius 1 is 1.23 bits per heavy atom. The van der Waals surface area contributed by atoms with Crippen LogP contribution in [0.5, 0.6) is 0 Å². The lowest BCUT2D eigenvalue weighted by molar-refractivity contribution is -0.132. The third-order valence-electron chi connectivity index (χ3n) is 5.13. The van der Waals surface area contributed by atoms with Crippen LogP contribution in [0.3, 0.4) is 0 Å². The van der Waals surface area contributed by atoms with Gasteiger partial charge in [0, 0.05) is 34.2 Å². The van der Waals surface area contributed by atoms with Crippen LogP contribution in [0.25, 0.3) is 10.9 Å².